The molecule has 0 amide bonds. The SMILES string of the molecule is CNCC(O)C(O)c1ccc(N=C=S)cc1. The molecule has 0 heterocycles. The van der Waals surface area contributed by atoms with Gasteiger partial charge in [0.1, 0.15) is 6.10 Å². The predicted molar refractivity (Wildman–Crippen MR) is 66.0 cm³/mol. The molecule has 0 bridgehead atoms. The highest BCUT2D eigenvalue weighted by Crippen LogP contribution is 2.20. The number of aliphatic hydroxyl groups is 2. The summed E-state index contributed by atoms with van der Waals surface area (Å²) in [5.74, 6) is 0. The number of thiocarbonyl (C=S) groups is 1. The molecule has 0 saturated carbocycles. The van der Waals surface area contributed by atoms with Crippen molar-refractivity contribution in [3.05, 3.63) is 29.8 Å². The Balaban J connectivity index is 2.76. The zero-order chi connectivity index (χ0) is 12.0. The number of isothiocyanates is 1. The van der Waals surface area contributed by atoms with Crippen LogP contribution in [0.25, 0.3) is 0 Å². The largest absolute Gasteiger partial charge is 0.389 e. The summed E-state index contributed by atoms with van der Waals surface area (Å²) < 4.78 is 0. The maximum absolute atomic E-state index is 9.78. The van der Waals surface area contributed by atoms with Crippen molar-refractivity contribution >= 4 is 23.1 Å². The van der Waals surface area contributed by atoms with Gasteiger partial charge < -0.3 is 15.5 Å². The lowest BCUT2D eigenvalue weighted by molar-refractivity contribution is 0.0202. The van der Waals surface area contributed by atoms with Crippen LogP contribution in [0.3, 0.4) is 0 Å². The summed E-state index contributed by atoms with van der Waals surface area (Å²) in [4.78, 5) is 3.80. The van der Waals surface area contributed by atoms with Crippen LogP contribution in [0.1, 0.15) is 11.7 Å². The molecular formula is C11H14N2O2S. The minimum atomic E-state index is -0.905. The van der Waals surface area contributed by atoms with Crippen molar-refractivity contribution in [1.82, 2.24) is 5.32 Å². The number of aliphatic hydroxyl groups excluding tert-OH is 2. The molecule has 0 aliphatic rings. The topological polar surface area (TPSA) is 64.8 Å². The summed E-state index contributed by atoms with van der Waals surface area (Å²) >= 11 is 4.48. The van der Waals surface area contributed by atoms with Gasteiger partial charge in [-0.3, -0.25) is 0 Å². The first-order valence-corrected chi connectivity index (χ1v) is 5.28. The van der Waals surface area contributed by atoms with Gasteiger partial charge in [-0.25, -0.2) is 0 Å². The normalized spacial score (nSPS) is 13.9. The zero-order valence-corrected chi connectivity index (χ0v) is 9.74. The fourth-order valence-corrected chi connectivity index (χ4v) is 1.45. The van der Waals surface area contributed by atoms with Crippen molar-refractivity contribution < 1.29 is 10.2 Å². The molecule has 0 aromatic heterocycles. The molecule has 0 aliphatic heterocycles. The lowest BCUT2D eigenvalue weighted by Crippen LogP contribution is -2.29. The monoisotopic (exact) mass is 238 g/mol. The summed E-state index contributed by atoms with van der Waals surface area (Å²) in [6, 6.07) is 6.83. The third kappa shape index (κ3) is 3.48. The van der Waals surface area contributed by atoms with Gasteiger partial charge in [0.15, 0.2) is 0 Å². The minimum absolute atomic E-state index is 0.334. The van der Waals surface area contributed by atoms with Gasteiger partial charge in [0, 0.05) is 6.54 Å². The van der Waals surface area contributed by atoms with Crippen LogP contribution in [0.5, 0.6) is 0 Å². The fraction of sp³-hybridized carbons (Fsp3) is 0.364. The third-order valence-corrected chi connectivity index (χ3v) is 2.28. The van der Waals surface area contributed by atoms with E-state index in [1.54, 1.807) is 31.3 Å². The van der Waals surface area contributed by atoms with Crippen LogP contribution >= 0.6 is 12.2 Å². The first kappa shape index (κ1) is 13.0. The minimum Gasteiger partial charge on any atom is -0.389 e. The van der Waals surface area contributed by atoms with Crippen LogP contribution in [-0.4, -0.2) is 35.1 Å². The molecule has 86 valence electrons. The van der Waals surface area contributed by atoms with Gasteiger partial charge >= 0.3 is 0 Å². The van der Waals surface area contributed by atoms with Crippen LogP contribution in [0.4, 0.5) is 5.69 Å². The Morgan fingerprint density at radius 1 is 1.38 bits per heavy atom. The fourth-order valence-electron chi connectivity index (χ4n) is 1.34. The van der Waals surface area contributed by atoms with E-state index >= 15 is 0 Å². The molecule has 2 atom stereocenters. The van der Waals surface area contributed by atoms with Crippen LogP contribution in [0.15, 0.2) is 29.3 Å². The van der Waals surface area contributed by atoms with Crippen LogP contribution in [-0.2, 0) is 0 Å². The molecule has 0 fully saturated rings. The maximum Gasteiger partial charge on any atom is 0.106 e. The van der Waals surface area contributed by atoms with E-state index in [2.05, 4.69) is 27.7 Å². The Morgan fingerprint density at radius 3 is 2.50 bits per heavy atom. The van der Waals surface area contributed by atoms with Gasteiger partial charge in [0.2, 0.25) is 0 Å². The molecule has 0 radical (unpaired) electrons. The second kappa shape index (κ2) is 6.48. The highest BCUT2D eigenvalue weighted by atomic mass is 32.1. The smallest absolute Gasteiger partial charge is 0.106 e. The number of aliphatic imine (C=N–C) groups is 1. The zero-order valence-electron chi connectivity index (χ0n) is 8.92. The Hall–Kier alpha value is -1.10. The number of hydrogen-bond acceptors (Lipinski definition) is 5. The number of likely N-dealkylation sites (N-methyl/N-ethyl adjacent to an activating group) is 1. The van der Waals surface area contributed by atoms with Crippen LogP contribution < -0.4 is 5.32 Å². The summed E-state index contributed by atoms with van der Waals surface area (Å²) in [5.41, 5.74) is 1.32. The molecule has 4 nitrogen and oxygen atoms in total. The van der Waals surface area contributed by atoms with Gasteiger partial charge in [0.05, 0.1) is 17.0 Å². The first-order valence-electron chi connectivity index (χ1n) is 4.87. The van der Waals surface area contributed by atoms with E-state index in [0.29, 0.717) is 17.8 Å². The molecule has 0 saturated heterocycles. The summed E-state index contributed by atoms with van der Waals surface area (Å²) in [6.45, 7) is 0.334. The molecule has 16 heavy (non-hydrogen) atoms. The highest BCUT2D eigenvalue weighted by molar-refractivity contribution is 7.78. The molecule has 3 N–H and O–H groups in total. The molecule has 1 aromatic carbocycles. The highest BCUT2D eigenvalue weighted by Gasteiger charge is 2.16. The quantitative estimate of drug-likeness (QED) is 0.529. The van der Waals surface area contributed by atoms with Gasteiger partial charge in [-0.1, -0.05) is 12.1 Å². The van der Waals surface area contributed by atoms with E-state index in [9.17, 15) is 10.2 Å². The Morgan fingerprint density at radius 2 is 2.00 bits per heavy atom. The lowest BCUT2D eigenvalue weighted by atomic mass is 10.0. The molecule has 0 spiro atoms. The lowest BCUT2D eigenvalue weighted by Gasteiger charge is -2.17. The molecule has 1 aromatic rings. The molecule has 0 aliphatic carbocycles. The number of rotatable bonds is 5. The Kier molecular flexibility index (Phi) is 5.25. The van der Waals surface area contributed by atoms with Gasteiger partial charge in [-0.2, -0.15) is 4.99 Å². The average Bonchev–Trinajstić information content (AvgIpc) is 2.30. The summed E-state index contributed by atoms with van der Waals surface area (Å²) in [7, 11) is 1.72. The molecule has 1 rings (SSSR count). The van der Waals surface area contributed by atoms with Crippen LogP contribution in [0, 0.1) is 0 Å². The van der Waals surface area contributed by atoms with Gasteiger partial charge in [0.25, 0.3) is 0 Å². The van der Waals surface area contributed by atoms with Crippen molar-refractivity contribution in [1.29, 1.82) is 0 Å². The first-order chi connectivity index (χ1) is 7.69. The molecular weight excluding hydrogens is 224 g/mol. The van der Waals surface area contributed by atoms with E-state index in [0.717, 1.165) is 0 Å². The summed E-state index contributed by atoms with van der Waals surface area (Å²) in [5, 5.41) is 24.4. The second-order valence-corrected chi connectivity index (χ2v) is 3.55. The van der Waals surface area contributed by atoms with Crippen molar-refractivity contribution in [3.63, 3.8) is 0 Å². The standard InChI is InChI=1S/C11H14N2O2S/c1-12-6-10(14)11(15)8-2-4-9(5-3-8)13-7-16/h2-5,10-12,14-15H,6H2,1H3. The van der Waals surface area contributed by atoms with E-state index in [1.807, 2.05) is 0 Å². The van der Waals surface area contributed by atoms with Gasteiger partial charge in [-0.15, -0.1) is 0 Å². The molecule has 5 heteroatoms. The number of nitrogens with one attached hydrogen (secondary N) is 1. The van der Waals surface area contributed by atoms with E-state index in [1.165, 1.54) is 0 Å². The van der Waals surface area contributed by atoms with E-state index in [4.69, 9.17) is 0 Å². The van der Waals surface area contributed by atoms with E-state index in [-0.39, 0.29) is 0 Å². The van der Waals surface area contributed by atoms with Crippen molar-refractivity contribution in [2.24, 2.45) is 4.99 Å². The number of hydrogen-bond donors (Lipinski definition) is 3. The predicted octanol–water partition coefficient (Wildman–Crippen LogP) is 1.03. The van der Waals surface area contributed by atoms with Crippen molar-refractivity contribution in [3.8, 4) is 0 Å². The number of nitrogens with zero attached hydrogens (tertiary/aromatic N) is 1. The van der Waals surface area contributed by atoms with E-state index < -0.39 is 12.2 Å². The maximum atomic E-state index is 9.78. The Labute approximate surface area is 99.6 Å². The van der Waals surface area contributed by atoms with Crippen molar-refractivity contribution in [2.45, 2.75) is 12.2 Å². The second-order valence-electron chi connectivity index (χ2n) is 3.36. The van der Waals surface area contributed by atoms with Crippen molar-refractivity contribution in [2.75, 3.05) is 13.6 Å². The van der Waals surface area contributed by atoms with Gasteiger partial charge in [-0.05, 0) is 37.0 Å². The summed E-state index contributed by atoms with van der Waals surface area (Å²) in [6.07, 6.45) is -1.73. The number of benzene rings is 1. The molecule has 2 unspecified atom stereocenters. The third-order valence-electron chi connectivity index (χ3n) is 2.19. The van der Waals surface area contributed by atoms with Crippen LogP contribution in [0.2, 0.25) is 0 Å². The Bertz CT molecular complexity index is 374. The average molecular weight is 238 g/mol.